The van der Waals surface area contributed by atoms with E-state index in [-0.39, 0.29) is 18.1 Å². The van der Waals surface area contributed by atoms with Crippen LogP contribution in [0.2, 0.25) is 0 Å². The van der Waals surface area contributed by atoms with Crippen LogP contribution in [0.3, 0.4) is 0 Å². The van der Waals surface area contributed by atoms with E-state index < -0.39 is 5.41 Å². The first kappa shape index (κ1) is 20.0. The molecule has 3 heterocycles. The number of carbonyl (C=O) groups is 2. The number of hydrogen-bond acceptors (Lipinski definition) is 6. The van der Waals surface area contributed by atoms with E-state index >= 15 is 0 Å². The minimum absolute atomic E-state index is 0.0606. The highest BCUT2D eigenvalue weighted by molar-refractivity contribution is 5.91. The van der Waals surface area contributed by atoms with Crippen LogP contribution in [0.1, 0.15) is 19.3 Å². The minimum Gasteiger partial charge on any atom is -0.495 e. The zero-order valence-electron chi connectivity index (χ0n) is 16.9. The first-order chi connectivity index (χ1) is 14.1. The first-order valence-corrected chi connectivity index (χ1v) is 10.3. The number of amides is 2. The van der Waals surface area contributed by atoms with Crippen molar-refractivity contribution in [1.29, 1.82) is 0 Å². The van der Waals surface area contributed by atoms with E-state index in [4.69, 9.17) is 14.2 Å². The monoisotopic (exact) mass is 403 g/mol. The van der Waals surface area contributed by atoms with Crippen LogP contribution in [0.5, 0.6) is 5.75 Å². The Bertz CT molecular complexity index is 742. The maximum Gasteiger partial charge on any atom is 0.321 e. The van der Waals surface area contributed by atoms with Crippen molar-refractivity contribution in [3.63, 3.8) is 0 Å². The quantitative estimate of drug-likeness (QED) is 0.774. The topological polar surface area (TPSA) is 80.3 Å². The number of esters is 1. The number of benzene rings is 1. The molecular weight excluding hydrogens is 374 g/mol. The van der Waals surface area contributed by atoms with Crippen LogP contribution in [-0.2, 0) is 14.3 Å². The molecule has 1 aromatic carbocycles. The summed E-state index contributed by atoms with van der Waals surface area (Å²) in [6.07, 6.45) is 1.97. The molecule has 3 aliphatic heterocycles. The van der Waals surface area contributed by atoms with Gasteiger partial charge < -0.3 is 24.4 Å². The van der Waals surface area contributed by atoms with Crippen LogP contribution < -0.4 is 10.1 Å². The molecule has 0 aliphatic carbocycles. The van der Waals surface area contributed by atoms with Gasteiger partial charge in [-0.3, -0.25) is 9.69 Å². The fourth-order valence-corrected chi connectivity index (χ4v) is 4.50. The molecule has 1 unspecified atom stereocenters. The highest BCUT2D eigenvalue weighted by Gasteiger charge is 2.51. The van der Waals surface area contributed by atoms with Gasteiger partial charge in [0.05, 0.1) is 31.4 Å². The van der Waals surface area contributed by atoms with Crippen LogP contribution in [0, 0.1) is 5.41 Å². The lowest BCUT2D eigenvalue weighted by atomic mass is 9.76. The summed E-state index contributed by atoms with van der Waals surface area (Å²) in [4.78, 5) is 29.4. The Morgan fingerprint density at radius 1 is 1.21 bits per heavy atom. The summed E-state index contributed by atoms with van der Waals surface area (Å²) in [5.74, 6) is 0.528. The molecule has 0 saturated carbocycles. The number of para-hydroxylation sites is 2. The van der Waals surface area contributed by atoms with E-state index in [0.29, 0.717) is 37.4 Å². The van der Waals surface area contributed by atoms with E-state index in [2.05, 4.69) is 10.2 Å². The number of carbonyl (C=O) groups excluding carboxylic acids is 2. The molecule has 1 aromatic rings. The normalized spacial score (nSPS) is 24.4. The van der Waals surface area contributed by atoms with Gasteiger partial charge in [-0.25, -0.2) is 4.79 Å². The van der Waals surface area contributed by atoms with Gasteiger partial charge >= 0.3 is 12.0 Å². The number of ether oxygens (including phenoxy) is 3. The van der Waals surface area contributed by atoms with E-state index in [9.17, 15) is 9.59 Å². The van der Waals surface area contributed by atoms with Crippen LogP contribution in [0.4, 0.5) is 10.5 Å². The Hall–Kier alpha value is -2.32. The Balaban J connectivity index is 1.31. The van der Waals surface area contributed by atoms with Crippen molar-refractivity contribution < 1.29 is 23.8 Å². The number of methoxy groups -OCH3 is 1. The second kappa shape index (κ2) is 8.59. The van der Waals surface area contributed by atoms with Crippen LogP contribution in [0.25, 0.3) is 0 Å². The molecule has 158 valence electrons. The number of urea groups is 1. The van der Waals surface area contributed by atoms with Gasteiger partial charge in [0.2, 0.25) is 0 Å². The largest absolute Gasteiger partial charge is 0.495 e. The molecule has 1 spiro atoms. The second-order valence-electron chi connectivity index (χ2n) is 8.04. The van der Waals surface area contributed by atoms with Crippen molar-refractivity contribution in [2.45, 2.75) is 25.4 Å². The smallest absolute Gasteiger partial charge is 0.321 e. The Morgan fingerprint density at radius 2 is 1.93 bits per heavy atom. The summed E-state index contributed by atoms with van der Waals surface area (Å²) in [5, 5.41) is 2.91. The van der Waals surface area contributed by atoms with Gasteiger partial charge in [0.25, 0.3) is 0 Å². The van der Waals surface area contributed by atoms with Crippen molar-refractivity contribution in [3.05, 3.63) is 24.3 Å². The van der Waals surface area contributed by atoms with Gasteiger partial charge in [0, 0.05) is 39.1 Å². The second-order valence-corrected chi connectivity index (χ2v) is 8.04. The van der Waals surface area contributed by atoms with Gasteiger partial charge in [-0.2, -0.15) is 0 Å². The third-order valence-electron chi connectivity index (χ3n) is 6.25. The average Bonchev–Trinajstić information content (AvgIpc) is 3.03. The number of morpholine rings is 1. The maximum atomic E-state index is 12.7. The number of hydrogen-bond donors (Lipinski definition) is 1. The molecule has 0 aromatic heterocycles. The predicted octanol–water partition coefficient (Wildman–Crippen LogP) is 1.96. The van der Waals surface area contributed by atoms with E-state index in [1.165, 1.54) is 0 Å². The molecule has 0 radical (unpaired) electrons. The van der Waals surface area contributed by atoms with E-state index in [1.54, 1.807) is 12.0 Å². The number of nitrogens with zero attached hydrogens (tertiary/aromatic N) is 2. The molecule has 4 rings (SSSR count). The van der Waals surface area contributed by atoms with Crippen LogP contribution in [-0.4, -0.2) is 81.0 Å². The molecule has 8 heteroatoms. The zero-order valence-corrected chi connectivity index (χ0v) is 16.9. The number of anilines is 1. The Morgan fingerprint density at radius 3 is 2.66 bits per heavy atom. The number of cyclic esters (lactones) is 1. The molecule has 3 fully saturated rings. The molecule has 3 aliphatic rings. The van der Waals surface area contributed by atoms with Crippen molar-refractivity contribution >= 4 is 17.7 Å². The summed E-state index contributed by atoms with van der Waals surface area (Å²) >= 11 is 0. The maximum absolute atomic E-state index is 12.7. The van der Waals surface area contributed by atoms with E-state index in [1.807, 2.05) is 24.3 Å². The average molecular weight is 403 g/mol. The van der Waals surface area contributed by atoms with Crippen molar-refractivity contribution in [2.24, 2.45) is 5.41 Å². The van der Waals surface area contributed by atoms with Gasteiger partial charge in [-0.15, -0.1) is 0 Å². The highest BCUT2D eigenvalue weighted by Crippen LogP contribution is 2.43. The molecule has 0 bridgehead atoms. The molecule has 1 atom stereocenters. The minimum atomic E-state index is -0.446. The SMILES string of the molecule is COc1ccccc1NC(=O)N1CCC2(CC1)CC(CN1CCOCC1)OC2=O. The van der Waals surface area contributed by atoms with E-state index in [0.717, 1.165) is 39.3 Å². The molecular formula is C21H29N3O5. The van der Waals surface area contributed by atoms with Crippen molar-refractivity contribution in [2.75, 3.05) is 58.4 Å². The fraction of sp³-hybridized carbons (Fsp3) is 0.619. The lowest BCUT2D eigenvalue weighted by Crippen LogP contribution is -2.46. The van der Waals surface area contributed by atoms with Crippen LogP contribution >= 0.6 is 0 Å². The summed E-state index contributed by atoms with van der Waals surface area (Å²) in [6, 6.07) is 7.17. The summed E-state index contributed by atoms with van der Waals surface area (Å²) < 4.78 is 16.4. The van der Waals surface area contributed by atoms with Gasteiger partial charge in [-0.1, -0.05) is 12.1 Å². The van der Waals surface area contributed by atoms with Crippen molar-refractivity contribution in [3.8, 4) is 5.75 Å². The number of likely N-dealkylation sites (tertiary alicyclic amines) is 1. The lowest BCUT2D eigenvalue weighted by Gasteiger charge is -2.36. The van der Waals surface area contributed by atoms with Gasteiger partial charge in [0.15, 0.2) is 0 Å². The fourth-order valence-electron chi connectivity index (χ4n) is 4.50. The first-order valence-electron chi connectivity index (χ1n) is 10.3. The number of rotatable bonds is 4. The summed E-state index contributed by atoms with van der Waals surface area (Å²) in [6.45, 7) is 5.11. The summed E-state index contributed by atoms with van der Waals surface area (Å²) in [7, 11) is 1.58. The molecule has 29 heavy (non-hydrogen) atoms. The Kier molecular flexibility index (Phi) is 5.91. The highest BCUT2D eigenvalue weighted by atomic mass is 16.6. The predicted molar refractivity (Wildman–Crippen MR) is 107 cm³/mol. The van der Waals surface area contributed by atoms with Crippen molar-refractivity contribution in [1.82, 2.24) is 9.80 Å². The van der Waals surface area contributed by atoms with Crippen LogP contribution in [0.15, 0.2) is 24.3 Å². The summed E-state index contributed by atoms with van der Waals surface area (Å²) in [5.41, 5.74) is 0.198. The standard InChI is InChI=1S/C21H29N3O5/c1-27-18-5-3-2-4-17(18)22-20(26)24-8-6-21(7-9-24)14-16(29-19(21)25)15-23-10-12-28-13-11-23/h2-5,16H,6-15H2,1H3,(H,22,26). The number of piperidine rings is 1. The third-order valence-corrected chi connectivity index (χ3v) is 6.25. The molecule has 1 N–H and O–H groups in total. The molecule has 2 amide bonds. The Labute approximate surface area is 171 Å². The zero-order chi connectivity index (χ0) is 20.3. The number of nitrogens with one attached hydrogen (secondary N) is 1. The van der Waals surface area contributed by atoms with Gasteiger partial charge in [-0.05, 0) is 25.0 Å². The third kappa shape index (κ3) is 4.33. The molecule has 3 saturated heterocycles. The molecule has 8 nitrogen and oxygen atoms in total. The lowest BCUT2D eigenvalue weighted by molar-refractivity contribution is -0.151. The van der Waals surface area contributed by atoms with Gasteiger partial charge in [0.1, 0.15) is 11.9 Å².